The molecule has 0 aromatic heterocycles. The largest absolute Gasteiger partial charge is 0.484 e. The topological polar surface area (TPSA) is 6.48 Å². The summed E-state index contributed by atoms with van der Waals surface area (Å²) in [6, 6.07) is 7.75. The van der Waals surface area contributed by atoms with Gasteiger partial charge in [-0.1, -0.05) is 24.3 Å². The molecule has 22 heavy (non-hydrogen) atoms. The number of hydrogen-bond acceptors (Lipinski definition) is 2. The van der Waals surface area contributed by atoms with Crippen LogP contribution in [-0.2, 0) is 0 Å². The van der Waals surface area contributed by atoms with Gasteiger partial charge in [-0.25, -0.2) is 0 Å². The lowest BCUT2D eigenvalue weighted by Crippen LogP contribution is -2.35. The van der Waals surface area contributed by atoms with E-state index in [2.05, 4.69) is 0 Å². The monoisotopic (exact) mass is 322 g/mol. The van der Waals surface area contributed by atoms with Crippen LogP contribution in [0, 0.1) is 0 Å². The summed E-state index contributed by atoms with van der Waals surface area (Å²) in [5.74, 6) is 0. The first-order valence-electron chi connectivity index (χ1n) is 6.16. The van der Waals surface area contributed by atoms with Crippen LogP contribution < -0.4 is 9.80 Å². The number of hydrogen-bond donors (Lipinski definition) is 0. The Balaban J connectivity index is 2.67. The van der Waals surface area contributed by atoms with E-state index in [1.54, 1.807) is 0 Å². The maximum Gasteiger partial charge on any atom is 0.484 e. The maximum atomic E-state index is 12.8. The molecule has 0 unspecified atom stereocenters. The highest BCUT2D eigenvalue weighted by molar-refractivity contribution is 6.02. The van der Waals surface area contributed by atoms with E-state index in [9.17, 15) is 26.3 Å². The number of rotatable bonds is 2. The molecule has 0 atom stereocenters. The Morgan fingerprint density at radius 1 is 0.636 bits per heavy atom. The third kappa shape index (κ3) is 2.90. The van der Waals surface area contributed by atoms with E-state index in [1.165, 1.54) is 24.3 Å². The van der Waals surface area contributed by atoms with Gasteiger partial charge in [0, 0.05) is 24.9 Å². The summed E-state index contributed by atoms with van der Waals surface area (Å²) in [7, 11) is 1.66. The summed E-state index contributed by atoms with van der Waals surface area (Å²) >= 11 is 0. The van der Waals surface area contributed by atoms with Gasteiger partial charge in [-0.2, -0.15) is 26.3 Å². The molecule has 0 aliphatic rings. The van der Waals surface area contributed by atoms with E-state index >= 15 is 0 Å². The zero-order valence-corrected chi connectivity index (χ0v) is 11.6. The standard InChI is InChI=1S/C14H12F6N2/c1-21(13(15,16)17)11-7-8-12(22(2)14(18,19)20)10-6-4-3-5-9(10)11/h3-8H,1-2H3. The molecule has 8 heteroatoms. The number of fused-ring (bicyclic) bond motifs is 1. The molecule has 0 saturated carbocycles. The summed E-state index contributed by atoms with van der Waals surface area (Å²) in [4.78, 5) is 0.152. The molecule has 120 valence electrons. The molecular formula is C14H12F6N2. The average Bonchev–Trinajstić information content (AvgIpc) is 2.42. The first-order valence-corrected chi connectivity index (χ1v) is 6.16. The summed E-state index contributed by atoms with van der Waals surface area (Å²) in [5.41, 5.74) is -0.412. The van der Waals surface area contributed by atoms with E-state index in [0.717, 1.165) is 26.2 Å². The molecule has 0 radical (unpaired) electrons. The van der Waals surface area contributed by atoms with E-state index in [-0.39, 0.29) is 31.9 Å². The number of anilines is 2. The van der Waals surface area contributed by atoms with Crippen molar-refractivity contribution in [3.63, 3.8) is 0 Å². The second-order valence-corrected chi connectivity index (χ2v) is 4.70. The first-order chi connectivity index (χ1) is 10.0. The zero-order chi connectivity index (χ0) is 16.7. The summed E-state index contributed by atoms with van der Waals surface area (Å²) in [6.07, 6.45) is -9.25. The van der Waals surface area contributed by atoms with Gasteiger partial charge in [-0.15, -0.1) is 0 Å². The number of nitrogens with zero attached hydrogens (tertiary/aromatic N) is 2. The van der Waals surface area contributed by atoms with Crippen molar-refractivity contribution >= 4 is 22.1 Å². The molecule has 2 rings (SSSR count). The fourth-order valence-corrected chi connectivity index (χ4v) is 2.13. The summed E-state index contributed by atoms with van der Waals surface area (Å²) in [5, 5.41) is 0.187. The molecule has 0 spiro atoms. The van der Waals surface area contributed by atoms with Crippen LogP contribution in [0.15, 0.2) is 36.4 Å². The molecule has 0 aliphatic heterocycles. The van der Waals surface area contributed by atoms with Gasteiger partial charge in [0.05, 0.1) is 11.4 Å². The second kappa shape index (κ2) is 5.26. The minimum Gasteiger partial charge on any atom is -0.286 e. The Morgan fingerprint density at radius 3 is 1.23 bits per heavy atom. The van der Waals surface area contributed by atoms with Crippen molar-refractivity contribution in [2.45, 2.75) is 12.6 Å². The van der Waals surface area contributed by atoms with Crippen molar-refractivity contribution in [2.24, 2.45) is 0 Å². The van der Waals surface area contributed by atoms with Crippen LogP contribution in [0.4, 0.5) is 37.7 Å². The van der Waals surface area contributed by atoms with Crippen molar-refractivity contribution in [3.05, 3.63) is 36.4 Å². The molecule has 0 fully saturated rings. The first kappa shape index (κ1) is 16.3. The smallest absolute Gasteiger partial charge is 0.286 e. The molecule has 0 saturated heterocycles. The molecule has 2 nitrogen and oxygen atoms in total. The molecule has 0 bridgehead atoms. The van der Waals surface area contributed by atoms with Gasteiger partial charge in [-0.3, -0.25) is 9.80 Å². The minimum absolute atomic E-state index is 0.0761. The van der Waals surface area contributed by atoms with Crippen LogP contribution in [0.1, 0.15) is 0 Å². The Hall–Kier alpha value is -2.12. The van der Waals surface area contributed by atoms with Crippen molar-refractivity contribution < 1.29 is 26.3 Å². The second-order valence-electron chi connectivity index (χ2n) is 4.70. The van der Waals surface area contributed by atoms with Gasteiger partial charge in [0.25, 0.3) is 0 Å². The molecule has 0 amide bonds. The van der Waals surface area contributed by atoms with E-state index < -0.39 is 12.6 Å². The summed E-state index contributed by atoms with van der Waals surface area (Å²) in [6.45, 7) is 0. The van der Waals surface area contributed by atoms with Gasteiger partial charge in [0.2, 0.25) is 0 Å². The van der Waals surface area contributed by atoms with Crippen molar-refractivity contribution in [3.8, 4) is 0 Å². The summed E-state index contributed by atoms with van der Waals surface area (Å²) < 4.78 is 77.1. The molecule has 2 aromatic rings. The van der Waals surface area contributed by atoms with Crippen LogP contribution in [-0.4, -0.2) is 26.7 Å². The van der Waals surface area contributed by atoms with Crippen molar-refractivity contribution in [1.82, 2.24) is 0 Å². The van der Waals surface area contributed by atoms with Crippen LogP contribution >= 0.6 is 0 Å². The SMILES string of the molecule is CN(c1ccc(N(C)C(F)(F)F)c2ccccc12)C(F)(F)F. The molecular weight excluding hydrogens is 310 g/mol. The molecule has 0 heterocycles. The third-order valence-corrected chi connectivity index (χ3v) is 3.36. The fourth-order valence-electron chi connectivity index (χ4n) is 2.13. The van der Waals surface area contributed by atoms with E-state index in [0.29, 0.717) is 0 Å². The zero-order valence-electron chi connectivity index (χ0n) is 11.6. The highest BCUT2D eigenvalue weighted by atomic mass is 19.4. The van der Waals surface area contributed by atoms with Crippen LogP contribution in [0.5, 0.6) is 0 Å². The quantitative estimate of drug-likeness (QED) is 0.581. The Morgan fingerprint density at radius 2 is 0.955 bits per heavy atom. The van der Waals surface area contributed by atoms with Gasteiger partial charge < -0.3 is 0 Å². The lowest BCUT2D eigenvalue weighted by molar-refractivity contribution is -0.126. The number of benzene rings is 2. The fraction of sp³-hybridized carbons (Fsp3) is 0.286. The van der Waals surface area contributed by atoms with E-state index in [1.807, 2.05) is 0 Å². The molecule has 0 aliphatic carbocycles. The Bertz CT molecular complexity index is 619. The Labute approximate surface area is 122 Å². The van der Waals surface area contributed by atoms with Gasteiger partial charge >= 0.3 is 12.6 Å². The molecule has 0 N–H and O–H groups in total. The highest BCUT2D eigenvalue weighted by Crippen LogP contribution is 2.39. The predicted octanol–water partition coefficient (Wildman–Crippen LogP) is 4.75. The van der Waals surface area contributed by atoms with Crippen LogP contribution in [0.3, 0.4) is 0 Å². The lowest BCUT2D eigenvalue weighted by Gasteiger charge is -2.27. The number of halogens is 6. The van der Waals surface area contributed by atoms with Gasteiger partial charge in [-0.05, 0) is 12.1 Å². The minimum atomic E-state index is -4.62. The number of alkyl halides is 6. The average molecular weight is 322 g/mol. The van der Waals surface area contributed by atoms with Crippen molar-refractivity contribution in [2.75, 3.05) is 23.9 Å². The maximum absolute atomic E-state index is 12.8. The van der Waals surface area contributed by atoms with Crippen molar-refractivity contribution in [1.29, 1.82) is 0 Å². The predicted molar refractivity (Wildman–Crippen MR) is 72.9 cm³/mol. The molecule has 2 aromatic carbocycles. The van der Waals surface area contributed by atoms with E-state index in [4.69, 9.17) is 0 Å². The van der Waals surface area contributed by atoms with Crippen LogP contribution in [0.2, 0.25) is 0 Å². The van der Waals surface area contributed by atoms with Gasteiger partial charge in [0.1, 0.15) is 0 Å². The van der Waals surface area contributed by atoms with Gasteiger partial charge in [0.15, 0.2) is 0 Å². The van der Waals surface area contributed by atoms with Crippen LogP contribution in [0.25, 0.3) is 10.8 Å². The Kier molecular flexibility index (Phi) is 3.88. The normalized spacial score (nSPS) is 12.5. The lowest BCUT2D eigenvalue weighted by atomic mass is 10.1. The highest BCUT2D eigenvalue weighted by Gasteiger charge is 2.37. The third-order valence-electron chi connectivity index (χ3n) is 3.36.